The van der Waals surface area contributed by atoms with Gasteiger partial charge in [0.15, 0.2) is 0 Å². The zero-order chi connectivity index (χ0) is 10.5. The van der Waals surface area contributed by atoms with E-state index in [2.05, 4.69) is 26.0 Å². The van der Waals surface area contributed by atoms with E-state index < -0.39 is 0 Å². The van der Waals surface area contributed by atoms with Gasteiger partial charge in [0.25, 0.3) is 0 Å². The van der Waals surface area contributed by atoms with Gasteiger partial charge < -0.3 is 9.47 Å². The number of allylic oxidation sites excluding steroid dienone is 1. The summed E-state index contributed by atoms with van der Waals surface area (Å²) in [6.45, 7) is 6.37. The molecule has 0 radical (unpaired) electrons. The van der Waals surface area contributed by atoms with Crippen LogP contribution in [0.5, 0.6) is 0 Å². The average Bonchev–Trinajstić information content (AvgIpc) is 2.21. The van der Waals surface area contributed by atoms with Crippen molar-refractivity contribution in [2.75, 3.05) is 20.0 Å². The van der Waals surface area contributed by atoms with Crippen molar-refractivity contribution in [2.45, 2.75) is 46.0 Å². The predicted octanol–water partition coefficient (Wildman–Crippen LogP) is 3.52. The molecule has 0 rings (SSSR count). The van der Waals surface area contributed by atoms with E-state index in [1.54, 1.807) is 0 Å². The highest BCUT2D eigenvalue weighted by molar-refractivity contribution is 4.79. The van der Waals surface area contributed by atoms with E-state index in [-0.39, 0.29) is 0 Å². The van der Waals surface area contributed by atoms with Crippen LogP contribution in [0.25, 0.3) is 0 Å². The minimum atomic E-state index is 0.448. The van der Waals surface area contributed by atoms with Crippen molar-refractivity contribution < 1.29 is 9.47 Å². The first-order chi connectivity index (χ1) is 6.91. The molecule has 2 nitrogen and oxygen atoms in total. The second-order valence-electron chi connectivity index (χ2n) is 3.31. The topological polar surface area (TPSA) is 18.5 Å². The van der Waals surface area contributed by atoms with Crippen LogP contribution in [0, 0.1) is 0 Å². The molecule has 0 unspecified atom stereocenters. The van der Waals surface area contributed by atoms with Crippen molar-refractivity contribution in [2.24, 2.45) is 0 Å². The summed E-state index contributed by atoms with van der Waals surface area (Å²) in [6, 6.07) is 0. The molecule has 0 aliphatic carbocycles. The molecule has 0 N–H and O–H groups in total. The Hall–Kier alpha value is -0.340. The first kappa shape index (κ1) is 13.7. The maximum atomic E-state index is 5.30. The number of hydrogen-bond acceptors (Lipinski definition) is 2. The van der Waals surface area contributed by atoms with Crippen molar-refractivity contribution in [3.05, 3.63) is 12.2 Å². The molecular formula is C12H24O2. The van der Waals surface area contributed by atoms with Gasteiger partial charge in [0.2, 0.25) is 0 Å². The van der Waals surface area contributed by atoms with Crippen LogP contribution in [0.4, 0.5) is 0 Å². The van der Waals surface area contributed by atoms with E-state index in [0.29, 0.717) is 6.79 Å². The number of ether oxygens (including phenoxy) is 2. The van der Waals surface area contributed by atoms with Gasteiger partial charge in [-0.15, -0.1) is 0 Å². The molecule has 84 valence electrons. The van der Waals surface area contributed by atoms with Crippen LogP contribution in [-0.4, -0.2) is 20.0 Å². The molecule has 0 bridgehead atoms. The SMILES string of the molecule is CC/C=C\CCOCOCCCCC. The summed E-state index contributed by atoms with van der Waals surface area (Å²) in [5.41, 5.74) is 0. The first-order valence-corrected chi connectivity index (χ1v) is 5.72. The maximum absolute atomic E-state index is 5.30. The van der Waals surface area contributed by atoms with Gasteiger partial charge in [-0.3, -0.25) is 0 Å². The first-order valence-electron chi connectivity index (χ1n) is 5.72. The molecule has 0 saturated heterocycles. The molecule has 0 amide bonds. The fourth-order valence-electron chi connectivity index (χ4n) is 1.07. The van der Waals surface area contributed by atoms with E-state index in [0.717, 1.165) is 32.5 Å². The molecule has 2 heteroatoms. The lowest BCUT2D eigenvalue weighted by atomic mass is 10.3. The van der Waals surface area contributed by atoms with Crippen LogP contribution in [-0.2, 0) is 9.47 Å². The van der Waals surface area contributed by atoms with Gasteiger partial charge in [0.05, 0.1) is 6.61 Å². The third-order valence-corrected chi connectivity index (χ3v) is 1.89. The molecule has 0 aromatic heterocycles. The van der Waals surface area contributed by atoms with Gasteiger partial charge in [-0.2, -0.15) is 0 Å². The normalized spacial score (nSPS) is 11.3. The minimum absolute atomic E-state index is 0.448. The summed E-state index contributed by atoms with van der Waals surface area (Å²) in [7, 11) is 0. The lowest BCUT2D eigenvalue weighted by molar-refractivity contribution is -0.0531. The number of hydrogen-bond donors (Lipinski definition) is 0. The zero-order valence-corrected chi connectivity index (χ0v) is 9.63. The highest BCUT2D eigenvalue weighted by Crippen LogP contribution is 1.94. The third-order valence-electron chi connectivity index (χ3n) is 1.89. The number of unbranched alkanes of at least 4 members (excludes halogenated alkanes) is 2. The molecule has 0 aliphatic rings. The molecule has 0 fully saturated rings. The van der Waals surface area contributed by atoms with Crippen LogP contribution in [0.1, 0.15) is 46.0 Å². The van der Waals surface area contributed by atoms with Crippen LogP contribution < -0.4 is 0 Å². The lowest BCUT2D eigenvalue weighted by Gasteiger charge is -2.03. The van der Waals surface area contributed by atoms with Crippen molar-refractivity contribution >= 4 is 0 Å². The van der Waals surface area contributed by atoms with Gasteiger partial charge in [0, 0.05) is 6.61 Å². The molecular weight excluding hydrogens is 176 g/mol. The summed E-state index contributed by atoms with van der Waals surface area (Å²) in [5.74, 6) is 0. The van der Waals surface area contributed by atoms with E-state index in [9.17, 15) is 0 Å². The average molecular weight is 200 g/mol. The Morgan fingerprint density at radius 1 is 0.929 bits per heavy atom. The van der Waals surface area contributed by atoms with Gasteiger partial charge >= 0.3 is 0 Å². The molecule has 0 spiro atoms. The van der Waals surface area contributed by atoms with Crippen molar-refractivity contribution in [3.8, 4) is 0 Å². The Morgan fingerprint density at radius 2 is 1.71 bits per heavy atom. The molecule has 0 aliphatic heterocycles. The second-order valence-corrected chi connectivity index (χ2v) is 3.31. The Morgan fingerprint density at radius 3 is 2.43 bits per heavy atom. The summed E-state index contributed by atoms with van der Waals surface area (Å²) in [6.07, 6.45) is 10.0. The van der Waals surface area contributed by atoms with Gasteiger partial charge in [-0.1, -0.05) is 38.8 Å². The van der Waals surface area contributed by atoms with E-state index in [1.165, 1.54) is 12.8 Å². The highest BCUT2D eigenvalue weighted by Gasteiger charge is 1.88. The number of rotatable bonds is 10. The van der Waals surface area contributed by atoms with Crippen molar-refractivity contribution in [1.29, 1.82) is 0 Å². The summed E-state index contributed by atoms with van der Waals surface area (Å²) < 4.78 is 10.6. The smallest absolute Gasteiger partial charge is 0.146 e. The van der Waals surface area contributed by atoms with E-state index in [1.807, 2.05) is 0 Å². The molecule has 0 heterocycles. The van der Waals surface area contributed by atoms with Crippen LogP contribution in [0.15, 0.2) is 12.2 Å². The van der Waals surface area contributed by atoms with Crippen LogP contribution >= 0.6 is 0 Å². The Labute approximate surface area is 88.3 Å². The quantitative estimate of drug-likeness (QED) is 0.305. The zero-order valence-electron chi connectivity index (χ0n) is 9.63. The summed E-state index contributed by atoms with van der Waals surface area (Å²) in [5, 5.41) is 0. The van der Waals surface area contributed by atoms with Crippen LogP contribution in [0.3, 0.4) is 0 Å². The van der Waals surface area contributed by atoms with Crippen molar-refractivity contribution in [1.82, 2.24) is 0 Å². The monoisotopic (exact) mass is 200 g/mol. The molecule has 0 aromatic carbocycles. The fraction of sp³-hybridized carbons (Fsp3) is 0.833. The minimum Gasteiger partial charge on any atom is -0.355 e. The molecule has 0 atom stereocenters. The second kappa shape index (κ2) is 12.7. The Balaban J connectivity index is 2.88. The van der Waals surface area contributed by atoms with Gasteiger partial charge in [-0.05, 0) is 19.3 Å². The summed E-state index contributed by atoms with van der Waals surface area (Å²) >= 11 is 0. The van der Waals surface area contributed by atoms with E-state index >= 15 is 0 Å². The van der Waals surface area contributed by atoms with E-state index in [4.69, 9.17) is 9.47 Å². The highest BCUT2D eigenvalue weighted by atomic mass is 16.7. The van der Waals surface area contributed by atoms with Crippen LogP contribution in [0.2, 0.25) is 0 Å². The molecule has 0 saturated carbocycles. The molecule has 0 aromatic rings. The predicted molar refractivity (Wildman–Crippen MR) is 60.3 cm³/mol. The van der Waals surface area contributed by atoms with Crippen molar-refractivity contribution in [3.63, 3.8) is 0 Å². The van der Waals surface area contributed by atoms with Gasteiger partial charge in [0.1, 0.15) is 6.79 Å². The Bertz CT molecular complexity index is 121. The fourth-order valence-corrected chi connectivity index (χ4v) is 1.07. The Kier molecular flexibility index (Phi) is 12.4. The maximum Gasteiger partial charge on any atom is 0.146 e. The largest absolute Gasteiger partial charge is 0.355 e. The molecule has 14 heavy (non-hydrogen) atoms. The summed E-state index contributed by atoms with van der Waals surface area (Å²) in [4.78, 5) is 0. The van der Waals surface area contributed by atoms with Gasteiger partial charge in [-0.25, -0.2) is 0 Å². The third kappa shape index (κ3) is 11.7. The lowest BCUT2D eigenvalue weighted by Crippen LogP contribution is -2.02. The standard InChI is InChI=1S/C12H24O2/c1-3-5-7-9-11-14-12-13-10-8-6-4-2/h5,7H,3-4,6,8-12H2,1-2H3/b7-5-.